The fraction of sp³-hybridized carbons (Fsp3) is 0.238. The smallest absolute Gasteiger partial charge is 0.231 e. The molecule has 2 amide bonds. The standard InChI is InChI=1S/C21H20N4O2S2/c1-14-7-9-17(10-8-14)25-12-16(11-18(25)26)19(27)22-20-23-24-21(29-20)28-13-15-5-3-2-4-6-15/h2-10,16H,11-13H2,1H3,(H,22,23,27). The van der Waals surface area contributed by atoms with E-state index in [-0.39, 0.29) is 18.2 Å². The van der Waals surface area contributed by atoms with Gasteiger partial charge in [-0.15, -0.1) is 10.2 Å². The highest BCUT2D eigenvalue weighted by Gasteiger charge is 2.35. The Hall–Kier alpha value is -2.71. The molecule has 0 spiro atoms. The Labute approximate surface area is 177 Å². The van der Waals surface area contributed by atoms with Crippen LogP contribution in [0.2, 0.25) is 0 Å². The van der Waals surface area contributed by atoms with Crippen molar-refractivity contribution >= 4 is 45.7 Å². The summed E-state index contributed by atoms with van der Waals surface area (Å²) in [5.74, 6) is 0.175. The minimum Gasteiger partial charge on any atom is -0.312 e. The van der Waals surface area contributed by atoms with Gasteiger partial charge in [0.1, 0.15) is 0 Å². The number of aryl methyl sites for hydroxylation is 1. The molecule has 29 heavy (non-hydrogen) atoms. The lowest BCUT2D eigenvalue weighted by atomic mass is 10.1. The predicted octanol–water partition coefficient (Wildman–Crippen LogP) is 4.13. The summed E-state index contributed by atoms with van der Waals surface area (Å²) in [7, 11) is 0. The van der Waals surface area contributed by atoms with Gasteiger partial charge >= 0.3 is 0 Å². The third-order valence-corrected chi connectivity index (χ3v) is 6.73. The molecule has 2 heterocycles. The van der Waals surface area contributed by atoms with Gasteiger partial charge in [-0.25, -0.2) is 0 Å². The van der Waals surface area contributed by atoms with Crippen LogP contribution in [0.4, 0.5) is 10.8 Å². The molecular formula is C21H20N4O2S2. The van der Waals surface area contributed by atoms with Gasteiger partial charge in [0, 0.05) is 24.4 Å². The van der Waals surface area contributed by atoms with Crippen molar-refractivity contribution in [2.75, 3.05) is 16.8 Å². The maximum atomic E-state index is 12.6. The zero-order chi connectivity index (χ0) is 20.2. The summed E-state index contributed by atoms with van der Waals surface area (Å²) >= 11 is 2.93. The van der Waals surface area contributed by atoms with E-state index in [9.17, 15) is 9.59 Å². The fourth-order valence-electron chi connectivity index (χ4n) is 3.10. The van der Waals surface area contributed by atoms with Crippen LogP contribution in [0, 0.1) is 12.8 Å². The molecule has 1 N–H and O–H groups in total. The molecule has 1 aliphatic rings. The predicted molar refractivity (Wildman–Crippen MR) is 116 cm³/mol. The second-order valence-corrected chi connectivity index (χ2v) is 9.08. The highest BCUT2D eigenvalue weighted by atomic mass is 32.2. The number of anilines is 2. The van der Waals surface area contributed by atoms with E-state index >= 15 is 0 Å². The van der Waals surface area contributed by atoms with Gasteiger partial charge in [0.05, 0.1) is 5.92 Å². The summed E-state index contributed by atoms with van der Waals surface area (Å²) in [4.78, 5) is 26.7. The fourth-order valence-corrected chi connectivity index (χ4v) is 4.81. The first kappa shape index (κ1) is 19.6. The number of thioether (sulfide) groups is 1. The van der Waals surface area contributed by atoms with Gasteiger partial charge in [-0.1, -0.05) is 71.1 Å². The number of hydrogen-bond acceptors (Lipinski definition) is 6. The van der Waals surface area contributed by atoms with E-state index in [1.807, 2.05) is 49.4 Å². The molecule has 1 fully saturated rings. The van der Waals surface area contributed by atoms with E-state index in [1.165, 1.54) is 16.9 Å². The molecule has 1 atom stereocenters. The number of hydrogen-bond donors (Lipinski definition) is 1. The van der Waals surface area contributed by atoms with Crippen LogP contribution >= 0.6 is 23.1 Å². The zero-order valence-corrected chi connectivity index (χ0v) is 17.5. The number of carbonyl (C=O) groups is 2. The SMILES string of the molecule is Cc1ccc(N2CC(C(=O)Nc3nnc(SCc4ccccc4)s3)CC2=O)cc1. The van der Waals surface area contributed by atoms with Crippen LogP contribution in [0.1, 0.15) is 17.5 Å². The molecule has 1 aromatic heterocycles. The molecule has 2 aromatic carbocycles. The van der Waals surface area contributed by atoms with Crippen LogP contribution in [-0.2, 0) is 15.3 Å². The molecule has 6 nitrogen and oxygen atoms in total. The van der Waals surface area contributed by atoms with Crippen molar-refractivity contribution in [2.24, 2.45) is 5.92 Å². The third-order valence-electron chi connectivity index (χ3n) is 4.68. The molecule has 1 unspecified atom stereocenters. The van der Waals surface area contributed by atoms with Gasteiger partial charge < -0.3 is 10.2 Å². The molecule has 8 heteroatoms. The topological polar surface area (TPSA) is 75.2 Å². The first-order valence-electron chi connectivity index (χ1n) is 9.26. The number of carbonyl (C=O) groups excluding carboxylic acids is 2. The first-order valence-corrected chi connectivity index (χ1v) is 11.1. The number of nitrogens with one attached hydrogen (secondary N) is 1. The molecule has 148 valence electrons. The summed E-state index contributed by atoms with van der Waals surface area (Å²) in [5.41, 5.74) is 3.16. The Kier molecular flexibility index (Phi) is 5.92. The molecule has 0 radical (unpaired) electrons. The third kappa shape index (κ3) is 4.83. The van der Waals surface area contributed by atoms with Crippen LogP contribution < -0.4 is 10.2 Å². The molecule has 0 aliphatic carbocycles. The second kappa shape index (κ2) is 8.75. The lowest BCUT2D eigenvalue weighted by molar-refractivity contribution is -0.122. The van der Waals surface area contributed by atoms with Crippen LogP contribution in [-0.4, -0.2) is 28.6 Å². The number of nitrogens with zero attached hydrogens (tertiary/aromatic N) is 3. The highest BCUT2D eigenvalue weighted by molar-refractivity contribution is 8.00. The zero-order valence-electron chi connectivity index (χ0n) is 15.9. The van der Waals surface area contributed by atoms with Crippen LogP contribution in [0.25, 0.3) is 0 Å². The average molecular weight is 425 g/mol. The summed E-state index contributed by atoms with van der Waals surface area (Å²) in [6.45, 7) is 2.38. The van der Waals surface area contributed by atoms with E-state index in [2.05, 4.69) is 27.6 Å². The molecule has 4 rings (SSSR count). The summed E-state index contributed by atoms with van der Waals surface area (Å²) in [6, 6.07) is 17.9. The van der Waals surface area contributed by atoms with Gasteiger partial charge in [0.15, 0.2) is 4.34 Å². The Balaban J connectivity index is 1.33. The molecule has 1 saturated heterocycles. The highest BCUT2D eigenvalue weighted by Crippen LogP contribution is 2.30. The maximum absolute atomic E-state index is 12.6. The molecule has 3 aromatic rings. The van der Waals surface area contributed by atoms with Crippen molar-refractivity contribution in [3.63, 3.8) is 0 Å². The second-order valence-electron chi connectivity index (χ2n) is 6.88. The summed E-state index contributed by atoms with van der Waals surface area (Å²) < 4.78 is 0.799. The summed E-state index contributed by atoms with van der Waals surface area (Å²) in [6.07, 6.45) is 0.203. The quantitative estimate of drug-likeness (QED) is 0.476. The number of benzene rings is 2. The molecule has 0 saturated carbocycles. The van der Waals surface area contributed by atoms with Crippen molar-refractivity contribution in [1.82, 2.24) is 10.2 Å². The molecule has 1 aliphatic heterocycles. The Morgan fingerprint density at radius 3 is 2.69 bits per heavy atom. The van der Waals surface area contributed by atoms with Crippen molar-refractivity contribution < 1.29 is 9.59 Å². The van der Waals surface area contributed by atoms with E-state index < -0.39 is 5.92 Å². The maximum Gasteiger partial charge on any atom is 0.231 e. The van der Waals surface area contributed by atoms with Crippen LogP contribution in [0.15, 0.2) is 58.9 Å². The number of rotatable bonds is 6. The van der Waals surface area contributed by atoms with E-state index in [0.29, 0.717) is 11.7 Å². The lowest BCUT2D eigenvalue weighted by Gasteiger charge is -2.16. The van der Waals surface area contributed by atoms with Gasteiger partial charge in [-0.05, 0) is 24.6 Å². The minimum atomic E-state index is -0.395. The van der Waals surface area contributed by atoms with Gasteiger partial charge in [-0.3, -0.25) is 9.59 Å². The Morgan fingerprint density at radius 2 is 1.93 bits per heavy atom. The van der Waals surface area contributed by atoms with E-state index in [4.69, 9.17) is 0 Å². The van der Waals surface area contributed by atoms with Gasteiger partial charge in [-0.2, -0.15) is 0 Å². The number of aromatic nitrogens is 2. The van der Waals surface area contributed by atoms with Crippen LogP contribution in [0.5, 0.6) is 0 Å². The average Bonchev–Trinajstić information content (AvgIpc) is 3.34. The molecule has 0 bridgehead atoms. The van der Waals surface area contributed by atoms with Crippen LogP contribution in [0.3, 0.4) is 0 Å². The summed E-state index contributed by atoms with van der Waals surface area (Å²) in [5, 5.41) is 11.5. The van der Waals surface area contributed by atoms with Crippen molar-refractivity contribution in [1.29, 1.82) is 0 Å². The van der Waals surface area contributed by atoms with Crippen molar-refractivity contribution in [3.8, 4) is 0 Å². The monoisotopic (exact) mass is 424 g/mol. The largest absolute Gasteiger partial charge is 0.312 e. The van der Waals surface area contributed by atoms with Crippen molar-refractivity contribution in [2.45, 2.75) is 23.4 Å². The van der Waals surface area contributed by atoms with E-state index in [0.717, 1.165) is 21.3 Å². The Bertz CT molecular complexity index is 1010. The number of amides is 2. The minimum absolute atomic E-state index is 0.0367. The normalized spacial score (nSPS) is 16.2. The van der Waals surface area contributed by atoms with E-state index in [1.54, 1.807) is 16.7 Å². The molecular weight excluding hydrogens is 404 g/mol. The Morgan fingerprint density at radius 1 is 1.17 bits per heavy atom. The van der Waals surface area contributed by atoms with Gasteiger partial charge in [0.2, 0.25) is 16.9 Å². The lowest BCUT2D eigenvalue weighted by Crippen LogP contribution is -2.28. The van der Waals surface area contributed by atoms with Crippen molar-refractivity contribution in [3.05, 3.63) is 65.7 Å². The van der Waals surface area contributed by atoms with Gasteiger partial charge in [0.25, 0.3) is 0 Å². The first-order chi connectivity index (χ1) is 14.1.